The van der Waals surface area contributed by atoms with Crippen molar-refractivity contribution in [3.63, 3.8) is 0 Å². The van der Waals surface area contributed by atoms with Crippen LogP contribution in [0.2, 0.25) is 0 Å². The van der Waals surface area contributed by atoms with Crippen LogP contribution in [0.5, 0.6) is 0 Å². The normalized spacial score (nSPS) is 26.0. The number of hydrogen-bond acceptors (Lipinski definition) is 5. The maximum absolute atomic E-state index is 13.1. The fourth-order valence-corrected chi connectivity index (χ4v) is 4.24. The number of rotatable bonds is 3. The number of likely N-dealkylation sites (tertiary alicyclic amines) is 1. The second-order valence-corrected chi connectivity index (χ2v) is 7.00. The summed E-state index contributed by atoms with van der Waals surface area (Å²) in [4.78, 5) is 35.7. The van der Waals surface area contributed by atoms with Gasteiger partial charge in [-0.2, -0.15) is 0 Å². The van der Waals surface area contributed by atoms with Crippen molar-refractivity contribution in [2.24, 2.45) is 5.92 Å². The molecular weight excluding hydrogens is 326 g/mol. The van der Waals surface area contributed by atoms with Crippen molar-refractivity contribution in [2.45, 2.75) is 57.5 Å². The van der Waals surface area contributed by atoms with E-state index in [9.17, 15) is 25.0 Å². The number of carbonyl (C=O) groups is 1. The lowest BCUT2D eigenvalue weighted by molar-refractivity contribution is -0.394. The maximum atomic E-state index is 13.1. The van der Waals surface area contributed by atoms with Gasteiger partial charge < -0.3 is 4.90 Å². The van der Waals surface area contributed by atoms with Crippen molar-refractivity contribution in [1.29, 1.82) is 0 Å². The van der Waals surface area contributed by atoms with E-state index in [0.29, 0.717) is 5.92 Å². The van der Waals surface area contributed by atoms with E-state index < -0.39 is 21.2 Å². The minimum absolute atomic E-state index is 0.0268. The molecule has 2 fully saturated rings. The van der Waals surface area contributed by atoms with Crippen molar-refractivity contribution in [2.75, 3.05) is 0 Å². The molecule has 8 nitrogen and oxygen atoms in total. The molecule has 134 valence electrons. The van der Waals surface area contributed by atoms with E-state index in [-0.39, 0.29) is 23.6 Å². The number of carbonyl (C=O) groups excluding carboxylic acids is 1. The summed E-state index contributed by atoms with van der Waals surface area (Å²) in [5.41, 5.74) is -0.830. The summed E-state index contributed by atoms with van der Waals surface area (Å²) < 4.78 is 0. The van der Waals surface area contributed by atoms with Gasteiger partial charge >= 0.3 is 0 Å². The van der Waals surface area contributed by atoms with Gasteiger partial charge in [0.05, 0.1) is 21.5 Å². The predicted octanol–water partition coefficient (Wildman–Crippen LogP) is 3.69. The molecule has 0 spiro atoms. The summed E-state index contributed by atoms with van der Waals surface area (Å²) in [6.45, 7) is 1.98. The van der Waals surface area contributed by atoms with Crippen LogP contribution in [0.15, 0.2) is 18.2 Å². The highest BCUT2D eigenvalue weighted by Crippen LogP contribution is 2.39. The molecule has 25 heavy (non-hydrogen) atoms. The summed E-state index contributed by atoms with van der Waals surface area (Å²) in [5, 5.41) is 22.2. The molecule has 2 aliphatic rings. The number of amides is 1. The van der Waals surface area contributed by atoms with Gasteiger partial charge in [-0.3, -0.25) is 25.0 Å². The third-order valence-electron chi connectivity index (χ3n) is 5.46. The molecule has 8 heteroatoms. The molecule has 1 aliphatic heterocycles. The molecule has 1 aromatic rings. The minimum Gasteiger partial charge on any atom is -0.333 e. The molecule has 3 rings (SSSR count). The molecule has 3 atom stereocenters. The fourth-order valence-electron chi connectivity index (χ4n) is 4.24. The number of benzene rings is 1. The fraction of sp³-hybridized carbons (Fsp3) is 0.588. The lowest BCUT2D eigenvalue weighted by atomic mass is 9.76. The molecule has 1 saturated carbocycles. The van der Waals surface area contributed by atoms with Crippen LogP contribution < -0.4 is 0 Å². The molecule has 1 amide bonds. The summed E-state index contributed by atoms with van der Waals surface area (Å²) >= 11 is 0. The van der Waals surface area contributed by atoms with Gasteiger partial charge in [-0.1, -0.05) is 12.8 Å². The SMILES string of the molecule is C[C@H]1CC[C@@H]2CCCC[C@@H]2N1C(=O)c1cc([N+](=O)[O-])cc([N+](=O)[O-])c1. The predicted molar refractivity (Wildman–Crippen MR) is 90.4 cm³/mol. The molecule has 1 saturated heterocycles. The maximum Gasteiger partial charge on any atom is 0.277 e. The van der Waals surface area contributed by atoms with Gasteiger partial charge in [0, 0.05) is 24.2 Å². The van der Waals surface area contributed by atoms with Crippen LogP contribution in [-0.4, -0.2) is 32.7 Å². The van der Waals surface area contributed by atoms with Crippen LogP contribution in [0.4, 0.5) is 11.4 Å². The number of non-ortho nitro benzene ring substituents is 2. The van der Waals surface area contributed by atoms with Crippen LogP contribution in [0, 0.1) is 26.1 Å². The lowest BCUT2D eigenvalue weighted by Crippen LogP contribution is -2.53. The van der Waals surface area contributed by atoms with E-state index in [4.69, 9.17) is 0 Å². The first-order chi connectivity index (χ1) is 11.9. The quantitative estimate of drug-likeness (QED) is 0.612. The van der Waals surface area contributed by atoms with Crippen molar-refractivity contribution in [3.8, 4) is 0 Å². The topological polar surface area (TPSA) is 107 Å². The summed E-state index contributed by atoms with van der Waals surface area (Å²) in [7, 11) is 0. The van der Waals surface area contributed by atoms with E-state index in [0.717, 1.165) is 50.3 Å². The van der Waals surface area contributed by atoms with E-state index in [2.05, 4.69) is 0 Å². The summed E-state index contributed by atoms with van der Waals surface area (Å²) in [6.07, 6.45) is 6.23. The highest BCUT2D eigenvalue weighted by molar-refractivity contribution is 5.96. The summed E-state index contributed by atoms with van der Waals surface area (Å²) in [6, 6.07) is 3.34. The number of nitro benzene ring substituents is 2. The van der Waals surface area contributed by atoms with Crippen molar-refractivity contribution in [3.05, 3.63) is 44.0 Å². The summed E-state index contributed by atoms with van der Waals surface area (Å²) in [5.74, 6) is 0.124. The van der Waals surface area contributed by atoms with E-state index in [1.807, 2.05) is 11.8 Å². The Balaban J connectivity index is 1.98. The highest BCUT2D eigenvalue weighted by atomic mass is 16.6. The Labute approximate surface area is 145 Å². The van der Waals surface area contributed by atoms with E-state index in [1.54, 1.807) is 0 Å². The smallest absolute Gasteiger partial charge is 0.277 e. The molecular formula is C17H21N3O5. The molecule has 0 radical (unpaired) electrons. The van der Waals surface area contributed by atoms with E-state index in [1.165, 1.54) is 6.42 Å². The molecule has 0 bridgehead atoms. The highest BCUT2D eigenvalue weighted by Gasteiger charge is 2.40. The molecule has 0 aromatic heterocycles. The molecule has 1 aromatic carbocycles. The first-order valence-electron chi connectivity index (χ1n) is 8.65. The van der Waals surface area contributed by atoms with Crippen molar-refractivity contribution < 1.29 is 14.6 Å². The van der Waals surface area contributed by atoms with Crippen LogP contribution in [0.3, 0.4) is 0 Å². The Hall–Kier alpha value is -2.51. The van der Waals surface area contributed by atoms with Gasteiger partial charge in [0.25, 0.3) is 17.3 Å². The first-order valence-corrected chi connectivity index (χ1v) is 8.65. The van der Waals surface area contributed by atoms with Gasteiger partial charge in [0.15, 0.2) is 0 Å². The average molecular weight is 347 g/mol. The Kier molecular flexibility index (Phi) is 4.69. The first kappa shape index (κ1) is 17.3. The Morgan fingerprint density at radius 2 is 1.60 bits per heavy atom. The zero-order chi connectivity index (χ0) is 18.1. The van der Waals surface area contributed by atoms with Crippen LogP contribution in [0.1, 0.15) is 55.8 Å². The number of hydrogen-bond donors (Lipinski definition) is 0. The number of nitro groups is 2. The number of nitrogens with zero attached hydrogens (tertiary/aromatic N) is 3. The monoisotopic (exact) mass is 347 g/mol. The zero-order valence-electron chi connectivity index (χ0n) is 14.1. The van der Waals surface area contributed by atoms with Gasteiger partial charge in [-0.25, -0.2) is 0 Å². The minimum atomic E-state index is -0.702. The number of fused-ring (bicyclic) bond motifs is 1. The average Bonchev–Trinajstić information content (AvgIpc) is 2.60. The van der Waals surface area contributed by atoms with Gasteiger partial charge in [-0.15, -0.1) is 0 Å². The Morgan fingerprint density at radius 1 is 1.00 bits per heavy atom. The van der Waals surface area contributed by atoms with Crippen molar-refractivity contribution >= 4 is 17.3 Å². The van der Waals surface area contributed by atoms with Crippen LogP contribution in [-0.2, 0) is 0 Å². The van der Waals surface area contributed by atoms with Crippen molar-refractivity contribution in [1.82, 2.24) is 4.90 Å². The van der Waals surface area contributed by atoms with Gasteiger partial charge in [0.2, 0.25) is 0 Å². The second-order valence-electron chi connectivity index (χ2n) is 7.00. The van der Waals surface area contributed by atoms with Gasteiger partial charge in [0.1, 0.15) is 0 Å². The molecule has 0 N–H and O–H groups in total. The Bertz CT molecular complexity index is 688. The third-order valence-corrected chi connectivity index (χ3v) is 5.46. The standard InChI is InChI=1S/C17H21N3O5/c1-11-6-7-12-4-2-3-5-16(12)18(11)17(21)13-8-14(19(22)23)10-15(9-13)20(24)25/h8-12,16H,2-7H2,1H3/t11-,12-,16-/m0/s1. The number of piperidine rings is 1. The largest absolute Gasteiger partial charge is 0.333 e. The molecule has 1 aliphatic carbocycles. The van der Waals surface area contributed by atoms with Crippen LogP contribution in [0.25, 0.3) is 0 Å². The van der Waals surface area contributed by atoms with E-state index >= 15 is 0 Å². The lowest BCUT2D eigenvalue weighted by Gasteiger charge is -2.47. The molecule has 0 unspecified atom stereocenters. The van der Waals surface area contributed by atoms with Crippen LogP contribution >= 0.6 is 0 Å². The third kappa shape index (κ3) is 3.33. The molecule has 1 heterocycles. The second kappa shape index (κ2) is 6.78. The zero-order valence-corrected chi connectivity index (χ0v) is 14.1. The van der Waals surface area contributed by atoms with Gasteiger partial charge in [-0.05, 0) is 38.5 Å². The Morgan fingerprint density at radius 3 is 2.20 bits per heavy atom.